The fourth-order valence-electron chi connectivity index (χ4n) is 3.12. The molecule has 0 atom stereocenters. The fourth-order valence-corrected chi connectivity index (χ4v) is 3.24. The molecular formula is C20H21ClN4O4. The molecule has 9 heteroatoms. The molecule has 1 aromatic rings. The van der Waals surface area contributed by atoms with Crippen LogP contribution in [0.3, 0.4) is 0 Å². The second-order valence-corrected chi connectivity index (χ2v) is 7.68. The number of hydrogen-bond acceptors (Lipinski definition) is 6. The minimum atomic E-state index is -1.07. The van der Waals surface area contributed by atoms with E-state index >= 15 is 0 Å². The van der Waals surface area contributed by atoms with Crippen LogP contribution in [-0.4, -0.2) is 76.7 Å². The van der Waals surface area contributed by atoms with Gasteiger partial charge in [0.2, 0.25) is 11.6 Å². The van der Waals surface area contributed by atoms with E-state index in [0.717, 1.165) is 44.8 Å². The van der Waals surface area contributed by atoms with Crippen LogP contribution >= 0.6 is 11.6 Å². The van der Waals surface area contributed by atoms with E-state index in [0.29, 0.717) is 27.8 Å². The Bertz CT molecular complexity index is 959. The van der Waals surface area contributed by atoms with Gasteiger partial charge >= 0.3 is 6.09 Å². The molecule has 0 bridgehead atoms. The number of allylic oxidation sites excluding steroid dienone is 1. The molecule has 1 aliphatic carbocycles. The van der Waals surface area contributed by atoms with Gasteiger partial charge in [0.1, 0.15) is 11.4 Å². The summed E-state index contributed by atoms with van der Waals surface area (Å²) in [5.74, 6) is 0.0485. The van der Waals surface area contributed by atoms with Crippen LogP contribution in [0.1, 0.15) is 5.56 Å². The van der Waals surface area contributed by atoms with E-state index in [1.54, 1.807) is 18.2 Å². The van der Waals surface area contributed by atoms with Gasteiger partial charge in [0, 0.05) is 56.1 Å². The van der Waals surface area contributed by atoms with Crippen molar-refractivity contribution in [2.45, 2.75) is 6.92 Å². The van der Waals surface area contributed by atoms with Crippen molar-refractivity contribution in [2.24, 2.45) is 0 Å². The molecule has 0 aromatic heterocycles. The first kappa shape index (κ1) is 19.3. The highest BCUT2D eigenvalue weighted by atomic mass is 35.5. The van der Waals surface area contributed by atoms with Crippen LogP contribution in [0.4, 0.5) is 10.5 Å². The molecule has 3 aliphatic heterocycles. The molecule has 5 rings (SSSR count). The summed E-state index contributed by atoms with van der Waals surface area (Å²) in [4.78, 5) is 40.7. The first-order valence-electron chi connectivity index (χ1n) is 9.41. The number of hydrogen-bond donors (Lipinski definition) is 2. The highest BCUT2D eigenvalue weighted by molar-refractivity contribution is 6.31. The van der Waals surface area contributed by atoms with Crippen molar-refractivity contribution in [3.8, 4) is 0 Å². The summed E-state index contributed by atoms with van der Waals surface area (Å²) in [7, 11) is 0. The van der Waals surface area contributed by atoms with Crippen molar-refractivity contribution >= 4 is 34.9 Å². The Labute approximate surface area is 173 Å². The van der Waals surface area contributed by atoms with Crippen molar-refractivity contribution in [2.75, 3.05) is 44.6 Å². The number of rotatable bonds is 4. The predicted molar refractivity (Wildman–Crippen MR) is 108 cm³/mol. The molecule has 4 aliphatic rings. The Morgan fingerprint density at radius 3 is 2.10 bits per heavy atom. The standard InChI is InChI=1S/C12H13N3O2.C8H8ClNO2/c16-9-7-8(13-1-2-13)12(17)11(15-5-6-15)10(9)14-3-4-14;1-5-4-6(10-8(11)12)2-3-7(5)9/h7H,1-6H2;2-4,10H,1H3,(H,11,12). The summed E-state index contributed by atoms with van der Waals surface area (Å²) < 4.78 is 0. The average molecular weight is 417 g/mol. The molecule has 8 nitrogen and oxygen atoms in total. The Morgan fingerprint density at radius 1 is 1.00 bits per heavy atom. The van der Waals surface area contributed by atoms with Crippen molar-refractivity contribution < 1.29 is 19.5 Å². The van der Waals surface area contributed by atoms with Crippen LogP contribution < -0.4 is 5.32 Å². The molecule has 1 amide bonds. The molecule has 29 heavy (non-hydrogen) atoms. The van der Waals surface area contributed by atoms with E-state index < -0.39 is 6.09 Å². The normalized spacial score (nSPS) is 19.5. The van der Waals surface area contributed by atoms with Crippen molar-refractivity contribution in [1.82, 2.24) is 14.7 Å². The Hall–Kier alpha value is -3.00. The fraction of sp³-hybridized carbons (Fsp3) is 0.350. The summed E-state index contributed by atoms with van der Waals surface area (Å²) in [5.41, 5.74) is 3.27. The van der Waals surface area contributed by atoms with E-state index in [2.05, 4.69) is 5.32 Å². The Balaban J connectivity index is 0.000000152. The molecule has 2 N–H and O–H groups in total. The Morgan fingerprint density at radius 2 is 1.59 bits per heavy atom. The topological polar surface area (TPSA) is 92.5 Å². The van der Waals surface area contributed by atoms with Gasteiger partial charge in [-0.3, -0.25) is 14.9 Å². The van der Waals surface area contributed by atoms with Crippen molar-refractivity contribution in [3.05, 3.63) is 52.0 Å². The smallest absolute Gasteiger partial charge is 0.409 e. The quantitative estimate of drug-likeness (QED) is 0.572. The third kappa shape index (κ3) is 4.37. The van der Waals surface area contributed by atoms with Crippen LogP contribution in [0.2, 0.25) is 5.02 Å². The van der Waals surface area contributed by atoms with Crippen LogP contribution in [-0.2, 0) is 9.59 Å². The zero-order valence-corrected chi connectivity index (χ0v) is 16.7. The molecule has 1 aromatic carbocycles. The van der Waals surface area contributed by atoms with Gasteiger partial charge in [-0.1, -0.05) is 11.6 Å². The second-order valence-electron chi connectivity index (χ2n) is 7.28. The SMILES string of the molecule is Cc1cc(NC(=O)O)ccc1Cl.O=C1C=C(N2CC2)C(=O)C(N2CC2)=C1N1CC1. The Kier molecular flexibility index (Phi) is 4.96. The number of carboxylic acid groups (broad SMARTS) is 1. The van der Waals surface area contributed by atoms with Gasteiger partial charge in [0.25, 0.3) is 0 Å². The number of Topliss-reactive ketones (excluding diaryl/α,β-unsaturated/α-hetero) is 1. The molecule has 0 unspecified atom stereocenters. The maximum absolute atomic E-state index is 12.4. The monoisotopic (exact) mass is 416 g/mol. The van der Waals surface area contributed by atoms with Gasteiger partial charge in [0.05, 0.1) is 5.70 Å². The van der Waals surface area contributed by atoms with Gasteiger partial charge in [-0.25, -0.2) is 4.79 Å². The van der Waals surface area contributed by atoms with E-state index in [4.69, 9.17) is 16.7 Å². The lowest BCUT2D eigenvalue weighted by atomic mass is 10.0. The molecule has 0 spiro atoms. The summed E-state index contributed by atoms with van der Waals surface area (Å²) in [6.45, 7) is 7.22. The predicted octanol–water partition coefficient (Wildman–Crippen LogP) is 1.92. The first-order chi connectivity index (χ1) is 13.8. The molecule has 3 heterocycles. The number of amides is 1. The lowest BCUT2D eigenvalue weighted by Gasteiger charge is -2.21. The number of benzene rings is 1. The number of nitrogens with one attached hydrogen (secondary N) is 1. The molecule has 3 saturated heterocycles. The van der Waals surface area contributed by atoms with E-state index in [1.807, 2.05) is 21.6 Å². The maximum atomic E-state index is 12.4. The zero-order valence-electron chi connectivity index (χ0n) is 15.9. The van der Waals surface area contributed by atoms with Gasteiger partial charge in [-0.15, -0.1) is 0 Å². The largest absolute Gasteiger partial charge is 0.465 e. The number of halogens is 1. The second kappa shape index (κ2) is 7.44. The molecule has 152 valence electrons. The van der Waals surface area contributed by atoms with Gasteiger partial charge in [-0.05, 0) is 30.7 Å². The van der Waals surface area contributed by atoms with E-state index in [9.17, 15) is 14.4 Å². The van der Waals surface area contributed by atoms with Gasteiger partial charge < -0.3 is 19.8 Å². The van der Waals surface area contributed by atoms with Crippen molar-refractivity contribution in [3.63, 3.8) is 0 Å². The number of anilines is 1. The van der Waals surface area contributed by atoms with Crippen LogP contribution in [0, 0.1) is 6.92 Å². The van der Waals surface area contributed by atoms with Crippen LogP contribution in [0.15, 0.2) is 41.4 Å². The first-order valence-corrected chi connectivity index (χ1v) is 9.79. The van der Waals surface area contributed by atoms with Gasteiger partial charge in [-0.2, -0.15) is 0 Å². The third-order valence-electron chi connectivity index (χ3n) is 4.90. The number of carbonyl (C=O) groups excluding carboxylic acids is 2. The van der Waals surface area contributed by atoms with Crippen molar-refractivity contribution in [1.29, 1.82) is 0 Å². The molecular weight excluding hydrogens is 396 g/mol. The number of aryl methyl sites for hydroxylation is 1. The zero-order chi connectivity index (χ0) is 20.7. The minimum absolute atomic E-state index is 0.00546. The minimum Gasteiger partial charge on any atom is -0.465 e. The third-order valence-corrected chi connectivity index (χ3v) is 5.32. The summed E-state index contributed by atoms with van der Waals surface area (Å²) >= 11 is 5.74. The average Bonchev–Trinajstić information content (AvgIpc) is 3.52. The number of carbonyl (C=O) groups is 3. The van der Waals surface area contributed by atoms with E-state index in [-0.39, 0.29) is 11.6 Å². The lowest BCUT2D eigenvalue weighted by Crippen LogP contribution is -2.29. The maximum Gasteiger partial charge on any atom is 0.409 e. The molecule has 0 radical (unpaired) electrons. The lowest BCUT2D eigenvalue weighted by molar-refractivity contribution is -0.117. The molecule has 3 fully saturated rings. The summed E-state index contributed by atoms with van der Waals surface area (Å²) in [5, 5.41) is 11.2. The van der Waals surface area contributed by atoms with Crippen LogP contribution in [0.5, 0.6) is 0 Å². The molecule has 0 saturated carbocycles. The summed E-state index contributed by atoms with van der Waals surface area (Å²) in [6.07, 6.45) is 0.451. The van der Waals surface area contributed by atoms with E-state index in [1.165, 1.54) is 6.08 Å². The number of nitrogens with zero attached hydrogens (tertiary/aromatic N) is 3. The highest BCUT2D eigenvalue weighted by Gasteiger charge is 2.43. The van der Waals surface area contributed by atoms with Crippen LogP contribution in [0.25, 0.3) is 0 Å². The van der Waals surface area contributed by atoms with Gasteiger partial charge in [0.15, 0.2) is 0 Å². The number of ketones is 2. The highest BCUT2D eigenvalue weighted by Crippen LogP contribution is 2.33. The summed E-state index contributed by atoms with van der Waals surface area (Å²) in [6, 6.07) is 4.95.